The lowest BCUT2D eigenvalue weighted by Gasteiger charge is -2.11. The fraction of sp³-hybridized carbons (Fsp3) is 1.00. The molecule has 0 aromatic rings. The van der Waals surface area contributed by atoms with Crippen molar-refractivity contribution in [2.24, 2.45) is 5.73 Å². The third kappa shape index (κ3) is 1.08. The maximum absolute atomic E-state index is 11.4. The number of fused-ring (bicyclic) bond motifs is 1. The van der Waals surface area contributed by atoms with E-state index < -0.39 is 9.84 Å². The van der Waals surface area contributed by atoms with E-state index in [-0.39, 0.29) is 17.2 Å². The van der Waals surface area contributed by atoms with Crippen molar-refractivity contribution in [1.82, 2.24) is 4.90 Å². The second-order valence-electron chi connectivity index (χ2n) is 3.56. The quantitative estimate of drug-likeness (QED) is 0.577. The van der Waals surface area contributed by atoms with Gasteiger partial charge in [0.1, 0.15) is 0 Å². The summed E-state index contributed by atoms with van der Waals surface area (Å²) in [5.41, 5.74) is 5.65. The first kappa shape index (κ1) is 8.47. The molecule has 4 nitrogen and oxygen atoms in total. The van der Waals surface area contributed by atoms with Crippen LogP contribution in [0.1, 0.15) is 13.3 Å². The average molecular weight is 190 g/mol. The SMILES string of the molecule is CCS(=O)(=O)C1CC2C(N)N2C1. The van der Waals surface area contributed by atoms with Crippen LogP contribution in [0.5, 0.6) is 0 Å². The number of piperidine rings is 1. The monoisotopic (exact) mass is 190 g/mol. The van der Waals surface area contributed by atoms with Crippen LogP contribution in [0.3, 0.4) is 0 Å². The number of sulfone groups is 1. The van der Waals surface area contributed by atoms with Crippen molar-refractivity contribution in [3.05, 3.63) is 0 Å². The van der Waals surface area contributed by atoms with E-state index in [1.807, 2.05) is 0 Å². The highest BCUT2D eigenvalue weighted by molar-refractivity contribution is 7.92. The predicted octanol–water partition coefficient (Wildman–Crippen LogP) is -0.838. The van der Waals surface area contributed by atoms with Gasteiger partial charge in [-0.25, -0.2) is 8.42 Å². The maximum atomic E-state index is 11.4. The Balaban J connectivity index is 2.04. The van der Waals surface area contributed by atoms with Gasteiger partial charge in [-0.3, -0.25) is 4.90 Å². The summed E-state index contributed by atoms with van der Waals surface area (Å²) in [6, 6.07) is 0.358. The number of nitrogens with two attached hydrogens (primary N) is 1. The van der Waals surface area contributed by atoms with Crippen LogP contribution < -0.4 is 5.73 Å². The minimum absolute atomic E-state index is 0.146. The largest absolute Gasteiger partial charge is 0.314 e. The Morgan fingerprint density at radius 2 is 2.25 bits per heavy atom. The van der Waals surface area contributed by atoms with Gasteiger partial charge in [0.15, 0.2) is 9.84 Å². The summed E-state index contributed by atoms with van der Waals surface area (Å²) in [5.74, 6) is 0.257. The first-order valence-electron chi connectivity index (χ1n) is 4.29. The van der Waals surface area contributed by atoms with Gasteiger partial charge in [-0.15, -0.1) is 0 Å². The Bertz CT molecular complexity index is 276. The second-order valence-corrected chi connectivity index (χ2v) is 6.13. The van der Waals surface area contributed by atoms with Crippen molar-refractivity contribution >= 4 is 9.84 Å². The van der Waals surface area contributed by atoms with Gasteiger partial charge in [-0.1, -0.05) is 6.92 Å². The van der Waals surface area contributed by atoms with Crippen molar-refractivity contribution in [3.8, 4) is 0 Å². The van der Waals surface area contributed by atoms with Crippen LogP contribution in [0.4, 0.5) is 0 Å². The summed E-state index contributed by atoms with van der Waals surface area (Å²) in [6.07, 6.45) is 0.894. The molecular formula is C7H14N2O2S. The Labute approximate surface area is 72.6 Å². The van der Waals surface area contributed by atoms with Crippen LogP contribution in [0.25, 0.3) is 0 Å². The predicted molar refractivity (Wildman–Crippen MR) is 46.3 cm³/mol. The summed E-state index contributed by atoms with van der Waals surface area (Å²) < 4.78 is 22.8. The molecule has 0 aromatic heterocycles. The van der Waals surface area contributed by atoms with Crippen LogP contribution >= 0.6 is 0 Å². The molecule has 0 saturated carbocycles. The van der Waals surface area contributed by atoms with Crippen molar-refractivity contribution in [1.29, 1.82) is 0 Å². The van der Waals surface area contributed by atoms with Gasteiger partial charge < -0.3 is 5.73 Å². The van der Waals surface area contributed by atoms with E-state index >= 15 is 0 Å². The topological polar surface area (TPSA) is 63.2 Å². The van der Waals surface area contributed by atoms with Crippen LogP contribution in [0.15, 0.2) is 0 Å². The molecule has 12 heavy (non-hydrogen) atoms. The fourth-order valence-electron chi connectivity index (χ4n) is 1.96. The molecule has 4 atom stereocenters. The lowest BCUT2D eigenvalue weighted by atomic mass is 10.2. The van der Waals surface area contributed by atoms with Gasteiger partial charge in [-0.2, -0.15) is 0 Å². The van der Waals surface area contributed by atoms with Gasteiger partial charge in [0, 0.05) is 18.3 Å². The number of hydrogen-bond acceptors (Lipinski definition) is 4. The molecule has 2 saturated heterocycles. The molecule has 0 spiro atoms. The highest BCUT2D eigenvalue weighted by atomic mass is 32.2. The molecule has 4 unspecified atom stereocenters. The van der Waals surface area contributed by atoms with Crippen LogP contribution in [-0.4, -0.2) is 43.1 Å². The van der Waals surface area contributed by atoms with E-state index in [1.165, 1.54) is 0 Å². The van der Waals surface area contributed by atoms with Crippen LogP contribution in [0.2, 0.25) is 0 Å². The summed E-state index contributed by atoms with van der Waals surface area (Å²) in [6.45, 7) is 2.36. The van der Waals surface area contributed by atoms with E-state index in [9.17, 15) is 8.42 Å². The summed E-state index contributed by atoms with van der Waals surface area (Å²) in [4.78, 5) is 2.05. The molecule has 2 rings (SSSR count). The molecule has 2 aliphatic heterocycles. The van der Waals surface area contributed by atoms with Crippen molar-refractivity contribution in [2.45, 2.75) is 30.8 Å². The standard InChI is InChI=1S/C7H14N2O2S/c1-2-12(10,11)5-3-6-7(8)9(6)4-5/h5-7H,2-4,8H2,1H3. The second kappa shape index (κ2) is 2.43. The van der Waals surface area contributed by atoms with Gasteiger partial charge >= 0.3 is 0 Å². The number of hydrogen-bond donors (Lipinski definition) is 1. The molecule has 2 fully saturated rings. The molecule has 5 heteroatoms. The zero-order valence-electron chi connectivity index (χ0n) is 7.10. The average Bonchev–Trinajstić information content (AvgIpc) is 2.55. The first-order chi connectivity index (χ1) is 5.56. The summed E-state index contributed by atoms with van der Waals surface area (Å²) in [7, 11) is -2.82. The smallest absolute Gasteiger partial charge is 0.154 e. The highest BCUT2D eigenvalue weighted by Gasteiger charge is 2.54. The lowest BCUT2D eigenvalue weighted by Crippen LogP contribution is -2.30. The lowest BCUT2D eigenvalue weighted by molar-refractivity contribution is 0.522. The fourth-order valence-corrected chi connectivity index (χ4v) is 3.32. The number of rotatable bonds is 2. The van der Waals surface area contributed by atoms with Crippen molar-refractivity contribution < 1.29 is 8.42 Å². The van der Waals surface area contributed by atoms with Crippen molar-refractivity contribution in [3.63, 3.8) is 0 Å². The van der Waals surface area contributed by atoms with E-state index in [4.69, 9.17) is 5.73 Å². The first-order valence-corrected chi connectivity index (χ1v) is 6.00. The molecule has 2 aliphatic rings. The number of nitrogens with zero attached hydrogens (tertiary/aromatic N) is 1. The zero-order chi connectivity index (χ0) is 8.93. The molecule has 0 radical (unpaired) electrons. The van der Waals surface area contributed by atoms with E-state index in [0.717, 1.165) is 6.42 Å². The summed E-state index contributed by atoms with van der Waals surface area (Å²) >= 11 is 0. The Morgan fingerprint density at radius 1 is 1.58 bits per heavy atom. The third-order valence-corrected chi connectivity index (χ3v) is 5.10. The zero-order valence-corrected chi connectivity index (χ0v) is 7.92. The van der Waals surface area contributed by atoms with Gasteiger partial charge in [0.25, 0.3) is 0 Å². The highest BCUT2D eigenvalue weighted by Crippen LogP contribution is 2.37. The molecular weight excluding hydrogens is 176 g/mol. The van der Waals surface area contributed by atoms with Crippen LogP contribution in [0, 0.1) is 0 Å². The van der Waals surface area contributed by atoms with Gasteiger partial charge in [0.05, 0.1) is 11.4 Å². The molecule has 0 amide bonds. The molecule has 2 N–H and O–H groups in total. The van der Waals surface area contributed by atoms with E-state index in [0.29, 0.717) is 12.6 Å². The van der Waals surface area contributed by atoms with Gasteiger partial charge in [-0.05, 0) is 6.42 Å². The molecule has 70 valence electrons. The maximum Gasteiger partial charge on any atom is 0.154 e. The minimum atomic E-state index is -2.82. The normalized spacial score (nSPS) is 45.8. The summed E-state index contributed by atoms with van der Waals surface area (Å²) in [5, 5.41) is -0.146. The molecule has 0 aliphatic carbocycles. The van der Waals surface area contributed by atoms with Gasteiger partial charge in [0.2, 0.25) is 0 Å². The molecule has 2 heterocycles. The Morgan fingerprint density at radius 3 is 2.67 bits per heavy atom. The Hall–Kier alpha value is -0.130. The Kier molecular flexibility index (Phi) is 1.72. The van der Waals surface area contributed by atoms with E-state index in [1.54, 1.807) is 6.92 Å². The third-order valence-electron chi connectivity index (χ3n) is 2.94. The van der Waals surface area contributed by atoms with Crippen LogP contribution in [-0.2, 0) is 9.84 Å². The molecule has 0 bridgehead atoms. The molecule has 0 aromatic carbocycles. The minimum Gasteiger partial charge on any atom is -0.314 e. The van der Waals surface area contributed by atoms with Crippen molar-refractivity contribution in [2.75, 3.05) is 12.3 Å². The van der Waals surface area contributed by atoms with E-state index in [2.05, 4.69) is 4.90 Å².